The Morgan fingerprint density at radius 2 is 1.85 bits per heavy atom. The first-order valence-electron chi connectivity index (χ1n) is 7.42. The van der Waals surface area contributed by atoms with E-state index in [-0.39, 0.29) is 11.7 Å². The Morgan fingerprint density at radius 3 is 2.35 bits per heavy atom. The zero-order valence-electron chi connectivity index (χ0n) is 12.5. The minimum atomic E-state index is -0.820. The van der Waals surface area contributed by atoms with Crippen molar-refractivity contribution >= 4 is 5.97 Å². The average Bonchev–Trinajstić information content (AvgIpc) is 2.38. The van der Waals surface area contributed by atoms with Crippen LogP contribution in [-0.4, -0.2) is 11.1 Å². The molecule has 0 bridgehead atoms. The molecule has 0 amide bonds. The number of hydrogen-bond acceptors (Lipinski definition) is 1. The van der Waals surface area contributed by atoms with Gasteiger partial charge in [0.25, 0.3) is 0 Å². The molecule has 1 saturated carbocycles. The van der Waals surface area contributed by atoms with Gasteiger partial charge >= 0.3 is 5.97 Å². The van der Waals surface area contributed by atoms with Crippen molar-refractivity contribution in [3.63, 3.8) is 0 Å². The summed E-state index contributed by atoms with van der Waals surface area (Å²) in [5, 5.41) is 9.77. The first-order chi connectivity index (χ1) is 9.38. The molecule has 20 heavy (non-hydrogen) atoms. The molecule has 0 atom stereocenters. The van der Waals surface area contributed by atoms with Gasteiger partial charge in [0.05, 0.1) is 5.41 Å². The van der Waals surface area contributed by atoms with Crippen molar-refractivity contribution in [3.05, 3.63) is 34.6 Å². The van der Waals surface area contributed by atoms with Gasteiger partial charge in [-0.25, -0.2) is 4.39 Å². The molecular formula is C17H23FO2. The Hall–Kier alpha value is -1.38. The average molecular weight is 278 g/mol. The fourth-order valence-electron chi connectivity index (χ4n) is 3.40. The lowest BCUT2D eigenvalue weighted by Crippen LogP contribution is -2.38. The third-order valence-corrected chi connectivity index (χ3v) is 4.60. The topological polar surface area (TPSA) is 37.3 Å². The van der Waals surface area contributed by atoms with Crippen molar-refractivity contribution < 1.29 is 14.3 Å². The molecule has 2 nitrogen and oxygen atoms in total. The van der Waals surface area contributed by atoms with Crippen molar-refractivity contribution in [2.45, 2.75) is 64.2 Å². The minimum Gasteiger partial charge on any atom is -0.481 e. The number of carboxylic acid groups (broad SMARTS) is 1. The quantitative estimate of drug-likeness (QED) is 0.881. The van der Waals surface area contributed by atoms with Crippen LogP contribution in [0.3, 0.4) is 0 Å². The van der Waals surface area contributed by atoms with Crippen LogP contribution in [0, 0.1) is 12.7 Å². The summed E-state index contributed by atoms with van der Waals surface area (Å²) < 4.78 is 14.0. The molecule has 0 spiro atoms. The predicted molar refractivity (Wildman–Crippen MR) is 77.6 cm³/mol. The number of benzene rings is 1. The van der Waals surface area contributed by atoms with E-state index in [0.717, 1.165) is 30.4 Å². The van der Waals surface area contributed by atoms with Gasteiger partial charge < -0.3 is 5.11 Å². The van der Waals surface area contributed by atoms with Gasteiger partial charge in [-0.2, -0.15) is 0 Å². The lowest BCUT2D eigenvalue weighted by molar-refractivity contribution is -0.145. The zero-order chi connectivity index (χ0) is 14.9. The summed E-state index contributed by atoms with van der Waals surface area (Å²) in [5.74, 6) is -0.928. The summed E-state index contributed by atoms with van der Waals surface area (Å²) in [6.45, 7) is 5.69. The maximum atomic E-state index is 14.0. The van der Waals surface area contributed by atoms with E-state index in [1.807, 2.05) is 20.8 Å². The summed E-state index contributed by atoms with van der Waals surface area (Å²) in [6, 6.07) is 3.30. The van der Waals surface area contributed by atoms with Crippen LogP contribution in [0.1, 0.15) is 68.6 Å². The zero-order valence-corrected chi connectivity index (χ0v) is 12.5. The highest BCUT2D eigenvalue weighted by molar-refractivity contribution is 5.82. The van der Waals surface area contributed by atoms with Crippen LogP contribution in [0.15, 0.2) is 12.1 Å². The SMILES string of the molecule is Cc1cc(F)c(C(C)C)cc1C1(C(=O)O)CCCCC1. The molecule has 1 aromatic rings. The standard InChI is InChI=1S/C17H23FO2/c1-11(2)13-10-14(12(3)9-15(13)18)17(16(19)20)7-5-4-6-8-17/h9-11H,4-8H2,1-3H3,(H,19,20). The number of carbonyl (C=O) groups is 1. The highest BCUT2D eigenvalue weighted by Gasteiger charge is 2.42. The van der Waals surface area contributed by atoms with Crippen LogP contribution in [0.5, 0.6) is 0 Å². The van der Waals surface area contributed by atoms with Crippen LogP contribution in [0.25, 0.3) is 0 Å². The van der Waals surface area contributed by atoms with Crippen molar-refractivity contribution in [1.82, 2.24) is 0 Å². The number of aliphatic carboxylic acids is 1. The molecule has 110 valence electrons. The Morgan fingerprint density at radius 1 is 1.25 bits per heavy atom. The first kappa shape index (κ1) is 15.0. The molecule has 1 aliphatic carbocycles. The molecule has 0 unspecified atom stereocenters. The van der Waals surface area contributed by atoms with E-state index in [2.05, 4.69) is 0 Å². The van der Waals surface area contributed by atoms with Crippen LogP contribution in [0.4, 0.5) is 4.39 Å². The molecule has 0 saturated heterocycles. The summed E-state index contributed by atoms with van der Waals surface area (Å²) in [5.41, 5.74) is 1.38. The van der Waals surface area contributed by atoms with Gasteiger partial charge in [-0.15, -0.1) is 0 Å². The lowest BCUT2D eigenvalue weighted by atomic mass is 9.67. The molecule has 0 aliphatic heterocycles. The number of rotatable bonds is 3. The van der Waals surface area contributed by atoms with E-state index < -0.39 is 11.4 Å². The Kier molecular flexibility index (Phi) is 4.17. The number of hydrogen-bond donors (Lipinski definition) is 1. The van der Waals surface area contributed by atoms with E-state index in [9.17, 15) is 14.3 Å². The Bertz CT molecular complexity index is 514. The summed E-state index contributed by atoms with van der Waals surface area (Å²) in [4.78, 5) is 11.9. The molecule has 0 aromatic heterocycles. The number of halogens is 1. The maximum absolute atomic E-state index is 14.0. The third kappa shape index (κ3) is 2.46. The lowest BCUT2D eigenvalue weighted by Gasteiger charge is -2.35. The predicted octanol–water partition coefficient (Wildman–Crippen LogP) is 4.54. The molecule has 0 heterocycles. The van der Waals surface area contributed by atoms with Crippen LogP contribution in [-0.2, 0) is 10.2 Å². The highest BCUT2D eigenvalue weighted by atomic mass is 19.1. The van der Waals surface area contributed by atoms with Crippen LogP contribution in [0.2, 0.25) is 0 Å². The maximum Gasteiger partial charge on any atom is 0.314 e. The fraction of sp³-hybridized carbons (Fsp3) is 0.588. The molecular weight excluding hydrogens is 255 g/mol. The van der Waals surface area contributed by atoms with E-state index in [1.165, 1.54) is 6.07 Å². The normalized spacial score (nSPS) is 18.2. The van der Waals surface area contributed by atoms with E-state index in [4.69, 9.17) is 0 Å². The second-order valence-corrected chi connectivity index (χ2v) is 6.29. The minimum absolute atomic E-state index is 0.0591. The van der Waals surface area contributed by atoms with E-state index in [1.54, 1.807) is 6.07 Å². The molecule has 0 radical (unpaired) electrons. The van der Waals surface area contributed by atoms with E-state index >= 15 is 0 Å². The monoisotopic (exact) mass is 278 g/mol. The summed E-state index contributed by atoms with van der Waals surface area (Å²) >= 11 is 0. The van der Waals surface area contributed by atoms with E-state index in [0.29, 0.717) is 18.4 Å². The van der Waals surface area contributed by atoms with Crippen molar-refractivity contribution in [2.75, 3.05) is 0 Å². The van der Waals surface area contributed by atoms with Gasteiger partial charge in [0.15, 0.2) is 0 Å². The molecule has 1 fully saturated rings. The first-order valence-corrected chi connectivity index (χ1v) is 7.42. The Balaban J connectivity index is 2.59. The van der Waals surface area contributed by atoms with Gasteiger partial charge in [0, 0.05) is 0 Å². The van der Waals surface area contributed by atoms with Gasteiger partial charge in [-0.1, -0.05) is 39.2 Å². The molecule has 2 rings (SSSR count). The third-order valence-electron chi connectivity index (χ3n) is 4.60. The molecule has 1 aromatic carbocycles. The number of carboxylic acids is 1. The fourth-order valence-corrected chi connectivity index (χ4v) is 3.40. The van der Waals surface area contributed by atoms with Gasteiger partial charge in [0.2, 0.25) is 0 Å². The number of aryl methyl sites for hydroxylation is 1. The largest absolute Gasteiger partial charge is 0.481 e. The van der Waals surface area contributed by atoms with Gasteiger partial charge in [0.1, 0.15) is 5.82 Å². The van der Waals surface area contributed by atoms with Crippen molar-refractivity contribution in [3.8, 4) is 0 Å². The van der Waals surface area contributed by atoms with Gasteiger partial charge in [-0.3, -0.25) is 4.79 Å². The molecule has 3 heteroatoms. The molecule has 1 N–H and O–H groups in total. The van der Waals surface area contributed by atoms with Crippen LogP contribution >= 0.6 is 0 Å². The van der Waals surface area contributed by atoms with Crippen molar-refractivity contribution in [2.24, 2.45) is 0 Å². The van der Waals surface area contributed by atoms with Gasteiger partial charge in [-0.05, 0) is 48.4 Å². The second-order valence-electron chi connectivity index (χ2n) is 6.29. The van der Waals surface area contributed by atoms with Crippen LogP contribution < -0.4 is 0 Å². The second kappa shape index (κ2) is 5.55. The summed E-state index contributed by atoms with van der Waals surface area (Å²) in [6.07, 6.45) is 4.27. The smallest absolute Gasteiger partial charge is 0.314 e. The van der Waals surface area contributed by atoms with Crippen molar-refractivity contribution in [1.29, 1.82) is 0 Å². The Labute approximate surface area is 120 Å². The summed E-state index contributed by atoms with van der Waals surface area (Å²) in [7, 11) is 0. The highest BCUT2D eigenvalue weighted by Crippen LogP contribution is 2.42. The molecule has 1 aliphatic rings.